The van der Waals surface area contributed by atoms with E-state index in [1.165, 1.54) is 0 Å². The fraction of sp³-hybridized carbons (Fsp3) is 0.118. The van der Waals surface area contributed by atoms with Crippen molar-refractivity contribution in [1.82, 2.24) is 4.98 Å². The second-order valence-electron chi connectivity index (χ2n) is 4.97. The lowest BCUT2D eigenvalue weighted by Gasteiger charge is -2.09. The SMILES string of the molecule is Cl.NC/C(=C\F)COc1ccc2[nH]c(=O)c3ccccc3c2c1. The Hall–Kier alpha value is -2.37. The van der Waals surface area contributed by atoms with E-state index in [9.17, 15) is 9.18 Å². The van der Waals surface area contributed by atoms with Crippen molar-refractivity contribution in [3.05, 3.63) is 64.7 Å². The zero-order valence-corrected chi connectivity index (χ0v) is 13.0. The molecule has 0 fully saturated rings. The van der Waals surface area contributed by atoms with Crippen LogP contribution < -0.4 is 16.0 Å². The molecule has 0 radical (unpaired) electrons. The van der Waals surface area contributed by atoms with Gasteiger partial charge in [-0.15, -0.1) is 12.4 Å². The van der Waals surface area contributed by atoms with Crippen molar-refractivity contribution in [2.75, 3.05) is 13.2 Å². The van der Waals surface area contributed by atoms with Crippen LogP contribution in [0.1, 0.15) is 0 Å². The molecular formula is C17H16ClFN2O2. The number of rotatable bonds is 4. The van der Waals surface area contributed by atoms with Crippen LogP contribution >= 0.6 is 12.4 Å². The number of nitrogens with two attached hydrogens (primary N) is 1. The highest BCUT2D eigenvalue weighted by atomic mass is 35.5. The van der Waals surface area contributed by atoms with Crippen LogP contribution in [0.25, 0.3) is 21.7 Å². The summed E-state index contributed by atoms with van der Waals surface area (Å²) in [5.41, 5.74) is 6.39. The normalized spacial score (nSPS) is 11.5. The molecule has 0 unspecified atom stereocenters. The highest BCUT2D eigenvalue weighted by molar-refractivity contribution is 6.05. The van der Waals surface area contributed by atoms with Gasteiger partial charge in [0.2, 0.25) is 0 Å². The molecule has 0 aliphatic heterocycles. The Bertz CT molecular complexity index is 921. The average molecular weight is 335 g/mol. The predicted octanol–water partition coefficient (Wildman–Crippen LogP) is 3.29. The summed E-state index contributed by atoms with van der Waals surface area (Å²) in [5.74, 6) is 0.595. The van der Waals surface area contributed by atoms with Gasteiger partial charge in [0, 0.05) is 28.4 Å². The minimum Gasteiger partial charge on any atom is -0.489 e. The molecule has 0 amide bonds. The van der Waals surface area contributed by atoms with Crippen molar-refractivity contribution >= 4 is 34.1 Å². The summed E-state index contributed by atoms with van der Waals surface area (Å²) < 4.78 is 18.1. The minimum atomic E-state index is -0.123. The van der Waals surface area contributed by atoms with Crippen molar-refractivity contribution in [1.29, 1.82) is 0 Å². The van der Waals surface area contributed by atoms with Gasteiger partial charge in [-0.2, -0.15) is 0 Å². The monoisotopic (exact) mass is 334 g/mol. The minimum absolute atomic E-state index is 0. The van der Waals surface area contributed by atoms with Crippen molar-refractivity contribution in [3.63, 3.8) is 0 Å². The molecule has 1 heterocycles. The maximum atomic E-state index is 12.5. The van der Waals surface area contributed by atoms with E-state index in [0.29, 0.717) is 23.0 Å². The van der Waals surface area contributed by atoms with Crippen molar-refractivity contribution in [2.24, 2.45) is 5.73 Å². The van der Waals surface area contributed by atoms with Crippen LogP contribution in [0.2, 0.25) is 0 Å². The summed E-state index contributed by atoms with van der Waals surface area (Å²) in [7, 11) is 0. The van der Waals surface area contributed by atoms with E-state index in [1.54, 1.807) is 18.2 Å². The standard InChI is InChI=1S/C17H15FN2O2.ClH/c18-8-11(9-19)10-22-12-5-6-16-15(7-12)13-3-1-2-4-14(13)17(21)20-16;/h1-8H,9-10,19H2,(H,20,21);1H/b11-8+;. The number of ether oxygens (including phenoxy) is 1. The largest absolute Gasteiger partial charge is 0.489 e. The number of nitrogens with one attached hydrogen (secondary N) is 1. The molecule has 0 saturated heterocycles. The van der Waals surface area contributed by atoms with E-state index >= 15 is 0 Å². The first-order valence-electron chi connectivity index (χ1n) is 6.88. The number of hydrogen-bond donors (Lipinski definition) is 2. The molecule has 3 rings (SSSR count). The average Bonchev–Trinajstić information content (AvgIpc) is 2.56. The van der Waals surface area contributed by atoms with Gasteiger partial charge in [0.25, 0.3) is 5.56 Å². The fourth-order valence-corrected chi connectivity index (χ4v) is 2.36. The van der Waals surface area contributed by atoms with E-state index in [4.69, 9.17) is 10.5 Å². The first-order chi connectivity index (χ1) is 10.7. The summed E-state index contributed by atoms with van der Waals surface area (Å²) in [4.78, 5) is 14.9. The van der Waals surface area contributed by atoms with Gasteiger partial charge in [-0.25, -0.2) is 4.39 Å². The van der Waals surface area contributed by atoms with Gasteiger partial charge >= 0.3 is 0 Å². The number of pyridine rings is 1. The number of H-pyrrole nitrogens is 1. The number of fused-ring (bicyclic) bond motifs is 3. The first kappa shape index (κ1) is 17.0. The zero-order valence-electron chi connectivity index (χ0n) is 12.2. The highest BCUT2D eigenvalue weighted by Crippen LogP contribution is 2.25. The van der Waals surface area contributed by atoms with Crippen LogP contribution in [-0.2, 0) is 0 Å². The molecule has 4 nitrogen and oxygen atoms in total. The molecule has 1 aromatic heterocycles. The van der Waals surface area contributed by atoms with Crippen molar-refractivity contribution in [2.45, 2.75) is 0 Å². The lowest BCUT2D eigenvalue weighted by atomic mass is 10.1. The van der Waals surface area contributed by atoms with Crippen LogP contribution in [-0.4, -0.2) is 18.1 Å². The van der Waals surface area contributed by atoms with Crippen molar-refractivity contribution < 1.29 is 9.13 Å². The summed E-state index contributed by atoms with van der Waals surface area (Å²) >= 11 is 0. The molecule has 3 aromatic rings. The van der Waals surface area contributed by atoms with Gasteiger partial charge in [-0.3, -0.25) is 4.79 Å². The quantitative estimate of drug-likeness (QED) is 0.719. The smallest absolute Gasteiger partial charge is 0.256 e. The predicted molar refractivity (Wildman–Crippen MR) is 93.1 cm³/mol. The first-order valence-corrected chi connectivity index (χ1v) is 6.88. The lowest BCUT2D eigenvalue weighted by molar-refractivity contribution is 0.348. The summed E-state index contributed by atoms with van der Waals surface area (Å²) in [5, 5.41) is 2.36. The van der Waals surface area contributed by atoms with Crippen LogP contribution in [0.15, 0.2) is 59.2 Å². The third-order valence-electron chi connectivity index (χ3n) is 3.54. The topological polar surface area (TPSA) is 68.1 Å². The zero-order chi connectivity index (χ0) is 15.5. The van der Waals surface area contributed by atoms with Gasteiger partial charge in [0.1, 0.15) is 12.4 Å². The molecule has 23 heavy (non-hydrogen) atoms. The molecule has 0 atom stereocenters. The summed E-state index contributed by atoms with van der Waals surface area (Å²) in [6, 6.07) is 12.7. The molecule has 2 aromatic carbocycles. The molecule has 0 spiro atoms. The van der Waals surface area contributed by atoms with E-state index < -0.39 is 0 Å². The summed E-state index contributed by atoms with van der Waals surface area (Å²) in [6.07, 6.45) is 0.466. The molecule has 0 bridgehead atoms. The van der Waals surface area contributed by atoms with Crippen LogP contribution in [0, 0.1) is 0 Å². The van der Waals surface area contributed by atoms with Crippen LogP contribution in [0.4, 0.5) is 4.39 Å². The number of hydrogen-bond acceptors (Lipinski definition) is 3. The van der Waals surface area contributed by atoms with Gasteiger partial charge < -0.3 is 15.5 Å². The number of aromatic amines is 1. The van der Waals surface area contributed by atoms with E-state index in [2.05, 4.69) is 4.98 Å². The molecule has 0 saturated carbocycles. The second kappa shape index (κ2) is 7.26. The van der Waals surface area contributed by atoms with Crippen LogP contribution in [0.5, 0.6) is 5.75 Å². The fourth-order valence-electron chi connectivity index (χ4n) is 2.36. The highest BCUT2D eigenvalue weighted by Gasteiger charge is 2.06. The van der Waals surface area contributed by atoms with Gasteiger partial charge in [-0.1, -0.05) is 18.2 Å². The Morgan fingerprint density at radius 3 is 2.61 bits per heavy atom. The number of benzene rings is 2. The van der Waals surface area contributed by atoms with Crippen LogP contribution in [0.3, 0.4) is 0 Å². The molecule has 0 aliphatic rings. The third kappa shape index (κ3) is 3.36. The Labute approximate surface area is 138 Å². The Morgan fingerprint density at radius 2 is 1.91 bits per heavy atom. The Morgan fingerprint density at radius 1 is 1.17 bits per heavy atom. The molecule has 120 valence electrons. The van der Waals surface area contributed by atoms with E-state index in [1.807, 2.05) is 24.3 Å². The third-order valence-corrected chi connectivity index (χ3v) is 3.54. The van der Waals surface area contributed by atoms with Gasteiger partial charge in [0.15, 0.2) is 0 Å². The lowest BCUT2D eigenvalue weighted by Crippen LogP contribution is -2.11. The number of aromatic nitrogens is 1. The Balaban J connectivity index is 0.00000192. The maximum Gasteiger partial charge on any atom is 0.256 e. The molecule has 6 heteroatoms. The van der Waals surface area contributed by atoms with Gasteiger partial charge in [-0.05, 0) is 29.7 Å². The molecular weight excluding hydrogens is 319 g/mol. The van der Waals surface area contributed by atoms with Gasteiger partial charge in [0.05, 0.1) is 6.33 Å². The maximum absolute atomic E-state index is 12.5. The number of halogens is 2. The Kier molecular flexibility index (Phi) is 5.36. The van der Waals surface area contributed by atoms with E-state index in [0.717, 1.165) is 16.3 Å². The molecule has 0 aliphatic carbocycles. The van der Waals surface area contributed by atoms with Crippen molar-refractivity contribution in [3.8, 4) is 5.75 Å². The molecule has 3 N–H and O–H groups in total. The summed E-state index contributed by atoms with van der Waals surface area (Å²) in [6.45, 7) is 0.208. The van der Waals surface area contributed by atoms with E-state index in [-0.39, 0.29) is 31.1 Å². The second-order valence-corrected chi connectivity index (χ2v) is 4.97.